The predicted molar refractivity (Wildman–Crippen MR) is 312 cm³/mol. The average molecular weight is 1150 g/mol. The zero-order valence-corrected chi connectivity index (χ0v) is 53.3. The van der Waals surface area contributed by atoms with Crippen LogP contribution in [0.3, 0.4) is 0 Å². The van der Waals surface area contributed by atoms with Crippen LogP contribution in [0.25, 0.3) is 0 Å². The fourth-order valence-electron chi connectivity index (χ4n) is 9.91. The largest absolute Gasteiger partial charge is 0.343 e. The molecule has 1 heterocycles. The third-order valence-electron chi connectivity index (χ3n) is 15.5. The Bertz CT molecular complexity index is 2170. The van der Waals surface area contributed by atoms with E-state index in [-0.39, 0.29) is 61.7 Å². The van der Waals surface area contributed by atoms with Gasteiger partial charge in [-0.1, -0.05) is 76.2 Å². The lowest BCUT2D eigenvalue weighted by atomic mass is 9.96. The molecule has 6 N–H and O–H groups in total. The number of likely N-dealkylation sites (N-methyl/N-ethyl adjacent to an activating group) is 7. The zero-order valence-electron chi connectivity index (χ0n) is 53.3. The summed E-state index contributed by atoms with van der Waals surface area (Å²) in [5.74, 6) is -7.79. The summed E-state index contributed by atoms with van der Waals surface area (Å²) < 4.78 is 0. The summed E-state index contributed by atoms with van der Waals surface area (Å²) in [6.07, 6.45) is 1.91. The molecule has 1 rings (SSSR count). The predicted octanol–water partition coefficient (Wildman–Crippen LogP) is 2.04. The van der Waals surface area contributed by atoms with E-state index in [1.807, 2.05) is 62.3 Å². The molecular weight excluding hydrogens is 1040 g/mol. The number of carbonyl (C=O) groups is 11. The van der Waals surface area contributed by atoms with Crippen LogP contribution in [0.1, 0.15) is 149 Å². The van der Waals surface area contributed by atoms with Crippen molar-refractivity contribution >= 4 is 65.0 Å². The molecule has 1 fully saturated rings. The van der Waals surface area contributed by atoms with Crippen molar-refractivity contribution in [3.05, 3.63) is 0 Å². The first-order chi connectivity index (χ1) is 37.3. The number of hydrogen-bond acceptors (Lipinski definition) is 12. The Balaban J connectivity index is 4.14. The van der Waals surface area contributed by atoms with E-state index in [0.717, 1.165) is 4.90 Å². The summed E-state index contributed by atoms with van der Waals surface area (Å²) in [5.41, 5.74) is 5.91. The molecule has 464 valence electrons. The molecule has 0 spiro atoms. The molecule has 1 unspecified atom stereocenters. The number of hydrogen-bond donors (Lipinski definition) is 5. The monoisotopic (exact) mass is 1150 g/mol. The van der Waals surface area contributed by atoms with Crippen LogP contribution in [0.15, 0.2) is 0 Å². The minimum atomic E-state index is -1.21. The Morgan fingerprint density at radius 2 is 0.802 bits per heavy atom. The molecule has 0 aromatic rings. The normalized spacial score (nSPS) is 27.1. The van der Waals surface area contributed by atoms with Gasteiger partial charge in [-0.3, -0.25) is 52.7 Å². The maximum Gasteiger partial charge on any atom is 0.245 e. The molecule has 1 aliphatic heterocycles. The van der Waals surface area contributed by atoms with Crippen molar-refractivity contribution in [2.45, 2.75) is 209 Å². The highest BCUT2D eigenvalue weighted by atomic mass is 16.2. The standard InChI is InChI=1S/C58H106N12O11/c1-32(2)23-24-42-56(79)65(17)41(15)55(78)68(20)45(30-37(11)25-26-59)51(74)62-39(13)53(76)64(16)31-47(71)66(18)43(27-33(3)4)52(75)63-48(36(9)10)58(81)69(21)44(28-34(5)6)50(73)60-38(12)49(72)61-40(14)54(77)70(22)46(29-35(7)8)57(80)67(42)19/h32-46,48H,23-31,59H2,1-22H3,(H,60,73)(H,61,72)(H,62,74)(H,63,75)/t37-,38+,39+,40+,41+,42+,43+,44+,45?,46+,48+/m0/s1. The highest BCUT2D eigenvalue weighted by Crippen LogP contribution is 2.23. The minimum Gasteiger partial charge on any atom is -0.343 e. The summed E-state index contributed by atoms with van der Waals surface area (Å²) in [6.45, 7) is 26.2. The van der Waals surface area contributed by atoms with Crippen molar-refractivity contribution < 1.29 is 52.7 Å². The number of carbonyl (C=O) groups excluding carboxylic acids is 11. The molecule has 23 nitrogen and oxygen atoms in total. The Morgan fingerprint density at radius 3 is 1.28 bits per heavy atom. The Labute approximate surface area is 484 Å². The number of nitrogens with zero attached hydrogens (tertiary/aromatic N) is 7. The van der Waals surface area contributed by atoms with Gasteiger partial charge in [-0.2, -0.15) is 0 Å². The van der Waals surface area contributed by atoms with Crippen molar-refractivity contribution in [1.82, 2.24) is 55.6 Å². The number of nitrogens with two attached hydrogens (primary N) is 1. The SMILES string of the molecule is CC(C)CC[C@@H]1C(=O)N(C)[C@H](C)C(=O)N(C)C(C[C@@H](C)CCN)C(=O)N[C@H](C)C(=O)N(C)CC(=O)N(C)[C@H](CC(C)C)C(=O)N[C@H](C(C)C)C(=O)N(C)[C@H](CC(C)C)C(=O)N[C@H](C)C(=O)N[C@H](C)C(=O)N(C)[C@H](CC(C)C)C(=O)N1C. The molecule has 0 aliphatic carbocycles. The van der Waals surface area contributed by atoms with Crippen LogP contribution in [0.2, 0.25) is 0 Å². The molecular formula is C58H106N12O11. The number of amides is 11. The second-order valence-corrected chi connectivity index (χ2v) is 24.9. The first-order valence-electron chi connectivity index (χ1n) is 29.1. The van der Waals surface area contributed by atoms with E-state index in [9.17, 15) is 52.7 Å². The van der Waals surface area contributed by atoms with Crippen LogP contribution in [-0.2, 0) is 52.7 Å². The molecule has 0 aromatic heterocycles. The summed E-state index contributed by atoms with van der Waals surface area (Å²) in [5, 5.41) is 11.0. The van der Waals surface area contributed by atoms with Gasteiger partial charge in [0.15, 0.2) is 0 Å². The molecule has 0 saturated carbocycles. The molecule has 11 amide bonds. The molecule has 0 bridgehead atoms. The maximum atomic E-state index is 14.8. The quantitative estimate of drug-likeness (QED) is 0.167. The molecule has 0 radical (unpaired) electrons. The smallest absolute Gasteiger partial charge is 0.245 e. The van der Waals surface area contributed by atoms with Gasteiger partial charge in [0.2, 0.25) is 65.0 Å². The van der Waals surface area contributed by atoms with Crippen LogP contribution in [0.4, 0.5) is 0 Å². The second kappa shape index (κ2) is 33.3. The van der Waals surface area contributed by atoms with Gasteiger partial charge in [-0.15, -0.1) is 0 Å². The van der Waals surface area contributed by atoms with Crippen molar-refractivity contribution in [2.24, 2.45) is 41.2 Å². The molecule has 23 heteroatoms. The second-order valence-electron chi connectivity index (χ2n) is 24.9. The van der Waals surface area contributed by atoms with E-state index >= 15 is 0 Å². The van der Waals surface area contributed by atoms with Crippen LogP contribution in [0, 0.1) is 35.5 Å². The highest BCUT2D eigenvalue weighted by molar-refractivity contribution is 5.99. The van der Waals surface area contributed by atoms with Crippen LogP contribution in [-0.4, -0.2) is 222 Å². The van der Waals surface area contributed by atoms with E-state index in [1.54, 1.807) is 13.8 Å². The third-order valence-corrected chi connectivity index (χ3v) is 15.5. The number of rotatable bonds is 14. The van der Waals surface area contributed by atoms with Gasteiger partial charge in [0, 0.05) is 49.3 Å². The van der Waals surface area contributed by atoms with Crippen LogP contribution >= 0.6 is 0 Å². The van der Waals surface area contributed by atoms with Gasteiger partial charge in [0.1, 0.15) is 60.4 Å². The fraction of sp³-hybridized carbons (Fsp3) is 0.810. The van der Waals surface area contributed by atoms with Gasteiger partial charge < -0.3 is 61.3 Å². The lowest BCUT2D eigenvalue weighted by Crippen LogP contribution is -2.61. The summed E-state index contributed by atoms with van der Waals surface area (Å²) >= 11 is 0. The first kappa shape index (κ1) is 73.1. The number of nitrogens with one attached hydrogen (secondary N) is 4. The van der Waals surface area contributed by atoms with Crippen molar-refractivity contribution in [3.8, 4) is 0 Å². The first-order valence-corrected chi connectivity index (χ1v) is 29.1. The Kier molecular flexibility index (Phi) is 30.1. The Morgan fingerprint density at radius 1 is 0.407 bits per heavy atom. The molecule has 81 heavy (non-hydrogen) atoms. The summed E-state index contributed by atoms with van der Waals surface area (Å²) in [6, 6.07) is -11.5. The van der Waals surface area contributed by atoms with Gasteiger partial charge in [0.25, 0.3) is 0 Å². The molecule has 11 atom stereocenters. The molecule has 1 aliphatic rings. The summed E-state index contributed by atoms with van der Waals surface area (Å²) in [7, 11) is 10.1. The van der Waals surface area contributed by atoms with Crippen molar-refractivity contribution in [1.29, 1.82) is 0 Å². The molecule has 0 aromatic carbocycles. The van der Waals surface area contributed by atoms with Gasteiger partial charge in [-0.25, -0.2) is 0 Å². The average Bonchev–Trinajstić information content (AvgIpc) is 3.38. The van der Waals surface area contributed by atoms with E-state index in [0.29, 0.717) is 19.4 Å². The van der Waals surface area contributed by atoms with Gasteiger partial charge in [0.05, 0.1) is 6.54 Å². The lowest BCUT2D eigenvalue weighted by molar-refractivity contribution is -0.154. The Hall–Kier alpha value is -5.87. The van der Waals surface area contributed by atoms with Gasteiger partial charge in [-0.05, 0) is 115 Å². The van der Waals surface area contributed by atoms with Crippen LogP contribution in [0.5, 0.6) is 0 Å². The summed E-state index contributed by atoms with van der Waals surface area (Å²) in [4.78, 5) is 166. The van der Waals surface area contributed by atoms with E-state index in [2.05, 4.69) is 21.3 Å². The van der Waals surface area contributed by atoms with Crippen molar-refractivity contribution in [2.75, 3.05) is 62.4 Å². The highest BCUT2D eigenvalue weighted by Gasteiger charge is 2.42. The fourth-order valence-corrected chi connectivity index (χ4v) is 9.91. The third kappa shape index (κ3) is 21.4. The van der Waals surface area contributed by atoms with E-state index in [4.69, 9.17) is 5.73 Å². The van der Waals surface area contributed by atoms with Crippen LogP contribution < -0.4 is 27.0 Å². The van der Waals surface area contributed by atoms with E-state index < -0.39 is 138 Å². The van der Waals surface area contributed by atoms with Crippen molar-refractivity contribution in [3.63, 3.8) is 0 Å². The maximum absolute atomic E-state index is 14.8. The van der Waals surface area contributed by atoms with E-state index in [1.165, 1.54) is 106 Å². The zero-order chi connectivity index (χ0) is 62.8. The molecule has 1 saturated heterocycles. The topological polar surface area (TPSA) is 285 Å². The van der Waals surface area contributed by atoms with Gasteiger partial charge >= 0.3 is 0 Å². The lowest BCUT2D eigenvalue weighted by Gasteiger charge is -2.39. The minimum absolute atomic E-state index is 0.111.